The smallest absolute Gasteiger partial charge is 0.406 e. The summed E-state index contributed by atoms with van der Waals surface area (Å²) in [5, 5.41) is 9.92. The molecule has 1 aliphatic heterocycles. The lowest BCUT2D eigenvalue weighted by Gasteiger charge is -2.26. The second-order valence-corrected chi connectivity index (χ2v) is 9.53. The molecule has 0 aliphatic carbocycles. The van der Waals surface area contributed by atoms with Gasteiger partial charge in [-0.2, -0.15) is 4.72 Å². The molecule has 2 aromatic rings. The summed E-state index contributed by atoms with van der Waals surface area (Å²) in [6, 6.07) is 6.02. The Labute approximate surface area is 201 Å². The molecule has 0 saturated carbocycles. The van der Waals surface area contributed by atoms with Crippen molar-refractivity contribution in [2.45, 2.75) is 44.0 Å². The molecular weight excluding hydrogens is 491 g/mol. The van der Waals surface area contributed by atoms with Crippen LogP contribution in [-0.4, -0.2) is 69.1 Å². The van der Waals surface area contributed by atoms with Crippen LogP contribution in [0.1, 0.15) is 25.3 Å². The Morgan fingerprint density at radius 1 is 1.23 bits per heavy atom. The van der Waals surface area contributed by atoms with Gasteiger partial charge in [0.2, 0.25) is 16.4 Å². The van der Waals surface area contributed by atoms with Gasteiger partial charge in [0.25, 0.3) is 0 Å². The Bertz CT molecular complexity index is 1060. The quantitative estimate of drug-likeness (QED) is 0.345. The number of ether oxygens (including phenoxy) is 3. The maximum Gasteiger partial charge on any atom is 0.573 e. The standard InChI is InChI=1S/C22H28F3N3O6S/c1-2-3-10-33-21(29)27-35(30,31)20-7-5-17(34-22(23,24)25)13-18(20)19-6-4-16(14-26-19)15-28-8-11-32-12-9-28/h4-7,13-14,21,27,29H,2-3,8-12,15H2,1H3. The van der Waals surface area contributed by atoms with Crippen molar-refractivity contribution in [3.05, 3.63) is 42.1 Å². The number of nitrogens with zero attached hydrogens (tertiary/aromatic N) is 2. The summed E-state index contributed by atoms with van der Waals surface area (Å²) in [5.74, 6) is -0.606. The van der Waals surface area contributed by atoms with Crippen LogP contribution in [0.2, 0.25) is 0 Å². The van der Waals surface area contributed by atoms with Gasteiger partial charge in [0, 0.05) is 31.4 Å². The van der Waals surface area contributed by atoms with Crippen LogP contribution in [0, 0.1) is 0 Å². The molecule has 194 valence electrons. The first kappa shape index (κ1) is 27.3. The summed E-state index contributed by atoms with van der Waals surface area (Å²) < 4.78 is 80.5. The number of benzene rings is 1. The van der Waals surface area contributed by atoms with E-state index in [2.05, 4.69) is 14.6 Å². The third-order valence-electron chi connectivity index (χ3n) is 5.11. The van der Waals surface area contributed by atoms with Crippen molar-refractivity contribution in [2.75, 3.05) is 32.9 Å². The molecule has 13 heteroatoms. The molecule has 2 heterocycles. The number of rotatable bonds is 11. The minimum atomic E-state index is -4.96. The van der Waals surface area contributed by atoms with Gasteiger partial charge in [-0.3, -0.25) is 9.88 Å². The maximum atomic E-state index is 12.9. The maximum absolute atomic E-state index is 12.9. The van der Waals surface area contributed by atoms with E-state index in [1.807, 2.05) is 11.6 Å². The monoisotopic (exact) mass is 519 g/mol. The Morgan fingerprint density at radius 2 is 1.97 bits per heavy atom. The first-order chi connectivity index (χ1) is 16.6. The highest BCUT2D eigenvalue weighted by atomic mass is 32.2. The summed E-state index contributed by atoms with van der Waals surface area (Å²) >= 11 is 0. The molecule has 0 radical (unpaired) electrons. The predicted octanol–water partition coefficient (Wildman–Crippen LogP) is 2.85. The molecule has 0 amide bonds. The molecule has 3 rings (SSSR count). The van der Waals surface area contributed by atoms with Crippen molar-refractivity contribution < 1.29 is 40.9 Å². The molecule has 0 spiro atoms. The highest BCUT2D eigenvalue weighted by molar-refractivity contribution is 7.89. The van der Waals surface area contributed by atoms with Crippen LogP contribution >= 0.6 is 0 Å². The van der Waals surface area contributed by atoms with Gasteiger partial charge in [0.15, 0.2) is 0 Å². The lowest BCUT2D eigenvalue weighted by atomic mass is 10.1. The second-order valence-electron chi connectivity index (χ2n) is 7.84. The number of aliphatic hydroxyl groups excluding tert-OH is 1. The van der Waals surface area contributed by atoms with E-state index in [9.17, 15) is 26.7 Å². The van der Waals surface area contributed by atoms with E-state index in [-0.39, 0.29) is 17.9 Å². The Hall–Kier alpha value is -2.29. The Morgan fingerprint density at radius 3 is 2.60 bits per heavy atom. The molecular formula is C22H28F3N3O6S. The van der Waals surface area contributed by atoms with Crippen LogP contribution in [0.4, 0.5) is 13.2 Å². The van der Waals surface area contributed by atoms with E-state index >= 15 is 0 Å². The number of sulfonamides is 1. The molecule has 9 nitrogen and oxygen atoms in total. The molecule has 1 aromatic carbocycles. The minimum absolute atomic E-state index is 0.116. The lowest BCUT2D eigenvalue weighted by Crippen LogP contribution is -2.37. The number of alkyl halides is 3. The van der Waals surface area contributed by atoms with Gasteiger partial charge in [-0.05, 0) is 36.2 Å². The van der Waals surface area contributed by atoms with Gasteiger partial charge in [0.05, 0.1) is 30.4 Å². The molecule has 1 atom stereocenters. The van der Waals surface area contributed by atoms with Gasteiger partial charge in [-0.1, -0.05) is 19.4 Å². The van der Waals surface area contributed by atoms with Crippen molar-refractivity contribution >= 4 is 10.0 Å². The van der Waals surface area contributed by atoms with Gasteiger partial charge < -0.3 is 19.3 Å². The predicted molar refractivity (Wildman–Crippen MR) is 120 cm³/mol. The number of aliphatic hydroxyl groups is 1. The normalized spacial score (nSPS) is 16.3. The van der Waals surface area contributed by atoms with E-state index in [0.717, 1.165) is 43.3 Å². The second kappa shape index (κ2) is 12.1. The lowest BCUT2D eigenvalue weighted by molar-refractivity contribution is -0.274. The van der Waals surface area contributed by atoms with Crippen LogP contribution in [0.15, 0.2) is 41.4 Å². The first-order valence-electron chi connectivity index (χ1n) is 11.0. The molecule has 0 bridgehead atoms. The number of morpholine rings is 1. The zero-order valence-corrected chi connectivity index (χ0v) is 19.9. The largest absolute Gasteiger partial charge is 0.573 e. The van der Waals surface area contributed by atoms with Crippen molar-refractivity contribution in [1.82, 2.24) is 14.6 Å². The third kappa shape index (κ3) is 8.40. The Balaban J connectivity index is 1.89. The first-order valence-corrected chi connectivity index (χ1v) is 12.5. The molecule has 1 unspecified atom stereocenters. The molecule has 1 saturated heterocycles. The SMILES string of the molecule is CCCCOC(O)NS(=O)(=O)c1ccc(OC(F)(F)F)cc1-c1ccc(CN2CCOCC2)cn1. The molecule has 35 heavy (non-hydrogen) atoms. The van der Waals surface area contributed by atoms with Crippen LogP contribution < -0.4 is 9.46 Å². The summed E-state index contributed by atoms with van der Waals surface area (Å²) in [5.41, 5.74) is 0.837. The number of pyridine rings is 1. The third-order valence-corrected chi connectivity index (χ3v) is 6.56. The topological polar surface area (TPSA) is 110 Å². The summed E-state index contributed by atoms with van der Waals surface area (Å²) in [6.45, 7) is 5.39. The van der Waals surface area contributed by atoms with E-state index in [0.29, 0.717) is 26.2 Å². The molecule has 1 aromatic heterocycles. The van der Waals surface area contributed by atoms with Crippen LogP contribution in [0.5, 0.6) is 5.75 Å². The summed E-state index contributed by atoms with van der Waals surface area (Å²) in [6.07, 6.45) is -3.87. The number of hydrogen-bond acceptors (Lipinski definition) is 8. The van der Waals surface area contributed by atoms with Gasteiger partial charge in [0.1, 0.15) is 5.75 Å². The van der Waals surface area contributed by atoms with Crippen molar-refractivity contribution in [3.8, 4) is 17.0 Å². The summed E-state index contributed by atoms with van der Waals surface area (Å²) in [4.78, 5) is 6.06. The highest BCUT2D eigenvalue weighted by Gasteiger charge is 2.32. The number of aromatic nitrogens is 1. The number of hydrogen-bond donors (Lipinski definition) is 2. The number of halogens is 3. The fourth-order valence-electron chi connectivity index (χ4n) is 3.41. The van der Waals surface area contributed by atoms with Gasteiger partial charge >= 0.3 is 6.36 Å². The van der Waals surface area contributed by atoms with Crippen LogP contribution in [-0.2, 0) is 26.0 Å². The molecule has 2 N–H and O–H groups in total. The van der Waals surface area contributed by atoms with E-state index in [1.54, 1.807) is 6.07 Å². The summed E-state index contributed by atoms with van der Waals surface area (Å²) in [7, 11) is -4.39. The zero-order valence-electron chi connectivity index (χ0n) is 19.1. The van der Waals surface area contributed by atoms with E-state index in [4.69, 9.17) is 9.47 Å². The molecule has 1 fully saturated rings. The number of unbranched alkanes of at least 4 members (excludes halogenated alkanes) is 1. The zero-order chi connectivity index (χ0) is 25.5. The van der Waals surface area contributed by atoms with Gasteiger partial charge in [-0.15, -0.1) is 13.2 Å². The fourth-order valence-corrected chi connectivity index (χ4v) is 4.57. The fraction of sp³-hybridized carbons (Fsp3) is 0.500. The highest BCUT2D eigenvalue weighted by Crippen LogP contribution is 2.32. The van der Waals surface area contributed by atoms with Gasteiger partial charge in [-0.25, -0.2) is 8.42 Å². The minimum Gasteiger partial charge on any atom is -0.406 e. The van der Waals surface area contributed by atoms with Crippen molar-refractivity contribution in [3.63, 3.8) is 0 Å². The number of nitrogens with one attached hydrogen (secondary N) is 1. The van der Waals surface area contributed by atoms with E-state index < -0.39 is 33.4 Å². The average Bonchev–Trinajstić information content (AvgIpc) is 2.79. The van der Waals surface area contributed by atoms with Crippen LogP contribution in [0.3, 0.4) is 0 Å². The van der Waals surface area contributed by atoms with Crippen LogP contribution in [0.25, 0.3) is 11.3 Å². The van der Waals surface area contributed by atoms with Crippen molar-refractivity contribution in [2.24, 2.45) is 0 Å². The average molecular weight is 520 g/mol. The molecule has 1 aliphatic rings. The van der Waals surface area contributed by atoms with E-state index in [1.165, 1.54) is 12.3 Å². The van der Waals surface area contributed by atoms with Crippen molar-refractivity contribution in [1.29, 1.82) is 0 Å². The Kier molecular flexibility index (Phi) is 9.44.